The number of pyridine rings is 1. The molecule has 0 saturated carbocycles. The van der Waals surface area contributed by atoms with Crippen LogP contribution in [-0.2, 0) is 6.54 Å². The summed E-state index contributed by atoms with van der Waals surface area (Å²) in [5.41, 5.74) is 3.24. The Morgan fingerprint density at radius 3 is 2.84 bits per heavy atom. The number of nitrogens with zero attached hydrogens (tertiary/aromatic N) is 2. The zero-order valence-electron chi connectivity index (χ0n) is 14.3. The third-order valence-electron chi connectivity index (χ3n) is 4.90. The molecule has 4 nitrogen and oxygen atoms in total. The molecule has 1 aliphatic heterocycles. The van der Waals surface area contributed by atoms with Gasteiger partial charge in [0.1, 0.15) is 0 Å². The second kappa shape index (κ2) is 6.65. The topological polar surface area (TPSA) is 45.2 Å². The van der Waals surface area contributed by atoms with Gasteiger partial charge in [-0.2, -0.15) is 0 Å². The summed E-state index contributed by atoms with van der Waals surface area (Å²) in [6.07, 6.45) is 3.55. The molecule has 25 heavy (non-hydrogen) atoms. The zero-order valence-corrected chi connectivity index (χ0v) is 14.3. The van der Waals surface area contributed by atoms with Crippen LogP contribution >= 0.6 is 0 Å². The lowest BCUT2D eigenvalue weighted by Gasteiger charge is -2.37. The molecule has 1 aliphatic rings. The van der Waals surface area contributed by atoms with Crippen LogP contribution in [0.2, 0.25) is 0 Å². The van der Waals surface area contributed by atoms with Gasteiger partial charge in [-0.3, -0.25) is 9.78 Å². The van der Waals surface area contributed by atoms with Gasteiger partial charge in [0.05, 0.1) is 0 Å². The van der Waals surface area contributed by atoms with E-state index in [0.717, 1.165) is 23.9 Å². The summed E-state index contributed by atoms with van der Waals surface area (Å²) in [5, 5.41) is 5.14. The van der Waals surface area contributed by atoms with E-state index in [1.54, 1.807) is 6.20 Å². The molecule has 126 valence electrons. The molecule has 4 heteroatoms. The average Bonchev–Trinajstić information content (AvgIpc) is 2.63. The van der Waals surface area contributed by atoms with Crippen molar-refractivity contribution >= 4 is 16.7 Å². The lowest BCUT2D eigenvalue weighted by atomic mass is 9.88. The number of rotatable bonds is 4. The Kier molecular flexibility index (Phi) is 4.20. The largest absolute Gasteiger partial charge is 0.348 e. The molecule has 1 saturated heterocycles. The van der Waals surface area contributed by atoms with E-state index in [-0.39, 0.29) is 5.91 Å². The summed E-state index contributed by atoms with van der Waals surface area (Å²) in [7, 11) is 2.14. The normalized spacial score (nSPS) is 15.1. The highest BCUT2D eigenvalue weighted by Crippen LogP contribution is 2.28. The predicted molar refractivity (Wildman–Crippen MR) is 99.6 cm³/mol. The minimum absolute atomic E-state index is 0.0424. The van der Waals surface area contributed by atoms with Gasteiger partial charge in [-0.05, 0) is 41.8 Å². The van der Waals surface area contributed by atoms with Gasteiger partial charge in [0.25, 0.3) is 5.91 Å². The highest BCUT2D eigenvalue weighted by atomic mass is 16.1. The standard InChI is InChI=1S/C21H21N3O/c1-24-13-19(14-24)20-5-3-2-4-18(20)12-23-21(25)16-6-7-17-11-22-9-8-15(17)10-16/h2-11,19H,12-14H2,1H3,(H,23,25). The number of benzene rings is 2. The summed E-state index contributed by atoms with van der Waals surface area (Å²) in [6.45, 7) is 2.73. The molecular weight excluding hydrogens is 310 g/mol. The zero-order chi connectivity index (χ0) is 17.2. The van der Waals surface area contributed by atoms with E-state index < -0.39 is 0 Å². The minimum atomic E-state index is -0.0424. The maximum atomic E-state index is 12.5. The molecule has 0 bridgehead atoms. The number of likely N-dealkylation sites (N-methyl/N-ethyl adjacent to an activating group) is 1. The maximum absolute atomic E-state index is 12.5. The molecule has 2 aromatic carbocycles. The number of nitrogens with one attached hydrogen (secondary N) is 1. The van der Waals surface area contributed by atoms with Crippen LogP contribution < -0.4 is 5.32 Å². The van der Waals surface area contributed by atoms with Crippen LogP contribution in [0.5, 0.6) is 0 Å². The van der Waals surface area contributed by atoms with Gasteiger partial charge in [-0.1, -0.05) is 30.3 Å². The molecule has 0 spiro atoms. The van der Waals surface area contributed by atoms with Crippen LogP contribution in [0.25, 0.3) is 10.8 Å². The van der Waals surface area contributed by atoms with Crippen molar-refractivity contribution in [3.63, 3.8) is 0 Å². The van der Waals surface area contributed by atoms with Crippen molar-refractivity contribution in [2.24, 2.45) is 0 Å². The van der Waals surface area contributed by atoms with E-state index in [4.69, 9.17) is 0 Å². The first-order valence-electron chi connectivity index (χ1n) is 8.59. The Morgan fingerprint density at radius 1 is 1.16 bits per heavy atom. The summed E-state index contributed by atoms with van der Waals surface area (Å²) in [5.74, 6) is 0.533. The number of fused-ring (bicyclic) bond motifs is 1. The summed E-state index contributed by atoms with van der Waals surface area (Å²) in [4.78, 5) is 19.0. The van der Waals surface area contributed by atoms with E-state index in [1.165, 1.54) is 11.1 Å². The van der Waals surface area contributed by atoms with Crippen molar-refractivity contribution in [1.82, 2.24) is 15.2 Å². The lowest BCUT2D eigenvalue weighted by molar-refractivity contribution is 0.0950. The third-order valence-corrected chi connectivity index (χ3v) is 4.90. The highest BCUT2D eigenvalue weighted by molar-refractivity contribution is 5.98. The molecule has 0 aliphatic carbocycles. The van der Waals surface area contributed by atoms with Crippen molar-refractivity contribution in [3.05, 3.63) is 77.6 Å². The molecule has 1 N–H and O–H groups in total. The molecule has 0 unspecified atom stereocenters. The Bertz CT molecular complexity index is 916. The van der Waals surface area contributed by atoms with Crippen molar-refractivity contribution in [2.75, 3.05) is 20.1 Å². The number of hydrogen-bond acceptors (Lipinski definition) is 3. The van der Waals surface area contributed by atoms with Crippen molar-refractivity contribution in [2.45, 2.75) is 12.5 Å². The quantitative estimate of drug-likeness (QED) is 0.798. The second-order valence-corrected chi connectivity index (χ2v) is 6.74. The molecular formula is C21H21N3O. The number of likely N-dealkylation sites (tertiary alicyclic amines) is 1. The number of amides is 1. The maximum Gasteiger partial charge on any atom is 0.251 e. The van der Waals surface area contributed by atoms with E-state index in [1.807, 2.05) is 36.5 Å². The summed E-state index contributed by atoms with van der Waals surface area (Å²) in [6, 6.07) is 16.0. The third kappa shape index (κ3) is 3.26. The Hall–Kier alpha value is -2.72. The van der Waals surface area contributed by atoms with Gasteiger partial charge >= 0.3 is 0 Å². The smallest absolute Gasteiger partial charge is 0.251 e. The van der Waals surface area contributed by atoms with Crippen LogP contribution in [0.3, 0.4) is 0 Å². The van der Waals surface area contributed by atoms with E-state index in [9.17, 15) is 4.79 Å². The minimum Gasteiger partial charge on any atom is -0.348 e. The molecule has 1 aromatic heterocycles. The van der Waals surface area contributed by atoms with Gasteiger partial charge in [-0.15, -0.1) is 0 Å². The molecule has 4 rings (SSSR count). The van der Waals surface area contributed by atoms with E-state index in [2.05, 4.69) is 40.4 Å². The van der Waals surface area contributed by atoms with Crippen LogP contribution in [0, 0.1) is 0 Å². The first kappa shape index (κ1) is 15.8. The van der Waals surface area contributed by atoms with Crippen LogP contribution in [0.15, 0.2) is 60.9 Å². The molecule has 0 radical (unpaired) electrons. The number of hydrogen-bond donors (Lipinski definition) is 1. The van der Waals surface area contributed by atoms with Gasteiger partial charge in [-0.25, -0.2) is 0 Å². The van der Waals surface area contributed by atoms with Gasteiger partial charge in [0.2, 0.25) is 0 Å². The Labute approximate surface area is 147 Å². The van der Waals surface area contributed by atoms with Gasteiger partial charge in [0, 0.05) is 48.9 Å². The second-order valence-electron chi connectivity index (χ2n) is 6.74. The SMILES string of the molecule is CN1CC(c2ccccc2CNC(=O)c2ccc3cnccc3c2)C1. The highest BCUT2D eigenvalue weighted by Gasteiger charge is 2.26. The molecule has 1 amide bonds. The number of carbonyl (C=O) groups excluding carboxylic acids is 1. The van der Waals surface area contributed by atoms with Crippen molar-refractivity contribution < 1.29 is 4.79 Å². The summed E-state index contributed by atoms with van der Waals surface area (Å²) < 4.78 is 0. The lowest BCUT2D eigenvalue weighted by Crippen LogP contribution is -2.42. The fraction of sp³-hybridized carbons (Fsp3) is 0.238. The molecule has 2 heterocycles. The van der Waals surface area contributed by atoms with E-state index >= 15 is 0 Å². The van der Waals surface area contributed by atoms with Crippen LogP contribution in [0.4, 0.5) is 0 Å². The van der Waals surface area contributed by atoms with Crippen LogP contribution in [0.1, 0.15) is 27.4 Å². The Balaban J connectivity index is 1.48. The van der Waals surface area contributed by atoms with Gasteiger partial charge in [0.15, 0.2) is 0 Å². The monoisotopic (exact) mass is 331 g/mol. The molecule has 1 fully saturated rings. The van der Waals surface area contributed by atoms with Crippen molar-refractivity contribution in [3.8, 4) is 0 Å². The number of aromatic nitrogens is 1. The number of carbonyl (C=O) groups is 1. The fourth-order valence-corrected chi connectivity index (χ4v) is 3.49. The average molecular weight is 331 g/mol. The molecule has 0 atom stereocenters. The molecule has 3 aromatic rings. The fourth-order valence-electron chi connectivity index (χ4n) is 3.49. The first-order valence-corrected chi connectivity index (χ1v) is 8.59. The van der Waals surface area contributed by atoms with Gasteiger partial charge < -0.3 is 10.2 Å². The van der Waals surface area contributed by atoms with Crippen LogP contribution in [-0.4, -0.2) is 35.9 Å². The first-order chi connectivity index (χ1) is 12.2. The van der Waals surface area contributed by atoms with Crippen molar-refractivity contribution in [1.29, 1.82) is 0 Å². The summed E-state index contributed by atoms with van der Waals surface area (Å²) >= 11 is 0. The predicted octanol–water partition coefficient (Wildman–Crippen LogP) is 3.19. The Morgan fingerprint density at radius 2 is 2.00 bits per heavy atom. The van der Waals surface area contributed by atoms with E-state index in [0.29, 0.717) is 18.0 Å².